The predicted octanol–water partition coefficient (Wildman–Crippen LogP) is 3.49. The highest BCUT2D eigenvalue weighted by atomic mass is 79.9. The van der Waals surface area contributed by atoms with Crippen LogP contribution in [0.3, 0.4) is 0 Å². The summed E-state index contributed by atoms with van der Waals surface area (Å²) in [5, 5.41) is 9.72. The zero-order valence-electron chi connectivity index (χ0n) is 11.4. The molecule has 0 aliphatic carbocycles. The molecular weight excluding hydrogens is 322 g/mol. The Labute approximate surface area is 125 Å². The minimum absolute atomic E-state index is 0.0388. The quantitative estimate of drug-likeness (QED) is 0.876. The summed E-state index contributed by atoms with van der Waals surface area (Å²) < 4.78 is 5.92. The van der Waals surface area contributed by atoms with Gasteiger partial charge in [-0.25, -0.2) is 0 Å². The van der Waals surface area contributed by atoms with E-state index in [1.807, 2.05) is 32.0 Å². The number of anilines is 2. The van der Waals surface area contributed by atoms with Gasteiger partial charge in [0.25, 0.3) is 0 Å². The molecule has 1 heterocycles. The second kappa shape index (κ2) is 6.56. The lowest BCUT2D eigenvalue weighted by atomic mass is 10.2. The third kappa shape index (κ3) is 4.09. The monoisotopic (exact) mass is 337 g/mol. The van der Waals surface area contributed by atoms with E-state index in [1.54, 1.807) is 6.07 Å². The smallest absolute Gasteiger partial charge is 0.226 e. The number of nitrogens with zero attached hydrogens (tertiary/aromatic N) is 1. The molecule has 0 atom stereocenters. The van der Waals surface area contributed by atoms with E-state index in [-0.39, 0.29) is 5.91 Å². The maximum absolute atomic E-state index is 11.8. The fourth-order valence-corrected chi connectivity index (χ4v) is 2.21. The lowest BCUT2D eigenvalue weighted by Gasteiger charge is -2.09. The Hall–Kier alpha value is -1.82. The summed E-state index contributed by atoms with van der Waals surface area (Å²) in [6.45, 7) is 4.28. The number of aromatic nitrogens is 1. The highest BCUT2D eigenvalue weighted by Gasteiger charge is 2.06. The molecule has 20 heavy (non-hydrogen) atoms. The van der Waals surface area contributed by atoms with Crippen LogP contribution in [0.2, 0.25) is 0 Å². The molecule has 0 aliphatic rings. The van der Waals surface area contributed by atoms with Crippen molar-refractivity contribution >= 4 is 33.3 Å². The number of amides is 1. The molecular formula is C14H16BrN3O2. The van der Waals surface area contributed by atoms with E-state index in [1.165, 1.54) is 0 Å². The summed E-state index contributed by atoms with van der Waals surface area (Å²) in [6, 6.07) is 7.54. The molecule has 2 aromatic rings. The molecule has 0 fully saturated rings. The topological polar surface area (TPSA) is 67.2 Å². The van der Waals surface area contributed by atoms with Gasteiger partial charge in [-0.3, -0.25) is 4.79 Å². The van der Waals surface area contributed by atoms with E-state index < -0.39 is 0 Å². The standard InChI is InChI=1S/C14H16BrN3O2/c1-9-7-11(15)3-4-12(9)17-14(19)5-6-16-13-8-10(2)20-18-13/h3-4,7-8H,5-6H2,1-2H3,(H,16,18)(H,17,19). The molecule has 0 bridgehead atoms. The summed E-state index contributed by atoms with van der Waals surface area (Å²) in [5.41, 5.74) is 1.85. The van der Waals surface area contributed by atoms with Gasteiger partial charge in [-0.1, -0.05) is 21.1 Å². The van der Waals surface area contributed by atoms with Gasteiger partial charge in [-0.15, -0.1) is 0 Å². The van der Waals surface area contributed by atoms with Gasteiger partial charge in [0.1, 0.15) is 5.76 Å². The fourth-order valence-electron chi connectivity index (χ4n) is 1.73. The number of benzene rings is 1. The van der Waals surface area contributed by atoms with Gasteiger partial charge in [0.15, 0.2) is 5.82 Å². The molecule has 2 N–H and O–H groups in total. The molecule has 0 saturated carbocycles. The van der Waals surface area contributed by atoms with Gasteiger partial charge in [-0.05, 0) is 37.6 Å². The van der Waals surface area contributed by atoms with Gasteiger partial charge in [0, 0.05) is 29.2 Å². The molecule has 6 heteroatoms. The zero-order chi connectivity index (χ0) is 14.5. The van der Waals surface area contributed by atoms with Gasteiger partial charge >= 0.3 is 0 Å². The fraction of sp³-hybridized carbons (Fsp3) is 0.286. The van der Waals surface area contributed by atoms with Crippen molar-refractivity contribution in [3.63, 3.8) is 0 Å². The first kappa shape index (κ1) is 14.6. The zero-order valence-corrected chi connectivity index (χ0v) is 13.0. The molecule has 1 amide bonds. The SMILES string of the molecule is Cc1cc(NCCC(=O)Nc2ccc(Br)cc2C)no1. The Bertz CT molecular complexity index is 610. The average Bonchev–Trinajstić information content (AvgIpc) is 2.79. The van der Waals surface area contributed by atoms with E-state index >= 15 is 0 Å². The van der Waals surface area contributed by atoms with Crippen molar-refractivity contribution in [3.8, 4) is 0 Å². The first-order valence-electron chi connectivity index (χ1n) is 6.28. The van der Waals surface area contributed by atoms with Crippen LogP contribution in [0.5, 0.6) is 0 Å². The molecule has 2 rings (SSSR count). The van der Waals surface area contributed by atoms with Crippen LogP contribution < -0.4 is 10.6 Å². The summed E-state index contributed by atoms with van der Waals surface area (Å²) >= 11 is 3.39. The number of carbonyl (C=O) groups excluding carboxylic acids is 1. The Kier molecular flexibility index (Phi) is 4.79. The van der Waals surface area contributed by atoms with E-state index in [2.05, 4.69) is 31.7 Å². The highest BCUT2D eigenvalue weighted by molar-refractivity contribution is 9.10. The number of halogens is 1. The molecule has 1 aromatic carbocycles. The normalized spacial score (nSPS) is 10.3. The van der Waals surface area contributed by atoms with Crippen LogP contribution in [0.15, 0.2) is 33.3 Å². The lowest BCUT2D eigenvalue weighted by Crippen LogP contribution is -2.16. The highest BCUT2D eigenvalue weighted by Crippen LogP contribution is 2.20. The molecule has 0 spiro atoms. The lowest BCUT2D eigenvalue weighted by molar-refractivity contribution is -0.115. The molecule has 0 saturated heterocycles. The number of carbonyl (C=O) groups is 1. The molecule has 1 aromatic heterocycles. The molecule has 0 radical (unpaired) electrons. The van der Waals surface area contributed by atoms with Crippen molar-refractivity contribution in [2.75, 3.05) is 17.2 Å². The van der Waals surface area contributed by atoms with Crippen molar-refractivity contribution < 1.29 is 9.32 Å². The van der Waals surface area contributed by atoms with Crippen LogP contribution in [0.1, 0.15) is 17.7 Å². The van der Waals surface area contributed by atoms with Gasteiger partial charge < -0.3 is 15.2 Å². The van der Waals surface area contributed by atoms with Crippen LogP contribution >= 0.6 is 15.9 Å². The molecule has 0 unspecified atom stereocenters. The molecule has 5 nitrogen and oxygen atoms in total. The minimum atomic E-state index is -0.0388. The first-order valence-corrected chi connectivity index (χ1v) is 7.07. The number of aryl methyl sites for hydroxylation is 2. The Morgan fingerprint density at radius 2 is 2.15 bits per heavy atom. The maximum atomic E-state index is 11.8. The largest absolute Gasteiger partial charge is 0.367 e. The Morgan fingerprint density at radius 1 is 1.35 bits per heavy atom. The van der Waals surface area contributed by atoms with E-state index in [0.29, 0.717) is 18.8 Å². The predicted molar refractivity (Wildman–Crippen MR) is 81.9 cm³/mol. The number of hydrogen-bond acceptors (Lipinski definition) is 4. The number of hydrogen-bond donors (Lipinski definition) is 2. The van der Waals surface area contributed by atoms with E-state index in [9.17, 15) is 4.79 Å². The van der Waals surface area contributed by atoms with Crippen LogP contribution in [-0.4, -0.2) is 17.6 Å². The Balaban J connectivity index is 1.80. The van der Waals surface area contributed by atoms with Gasteiger partial charge in [0.05, 0.1) is 0 Å². The van der Waals surface area contributed by atoms with Crippen molar-refractivity contribution in [2.24, 2.45) is 0 Å². The summed E-state index contributed by atoms with van der Waals surface area (Å²) in [6.07, 6.45) is 0.363. The Morgan fingerprint density at radius 3 is 2.80 bits per heavy atom. The summed E-state index contributed by atoms with van der Waals surface area (Å²) in [4.78, 5) is 11.8. The average molecular weight is 338 g/mol. The summed E-state index contributed by atoms with van der Waals surface area (Å²) in [5.74, 6) is 1.35. The van der Waals surface area contributed by atoms with Crippen molar-refractivity contribution in [1.82, 2.24) is 5.16 Å². The van der Waals surface area contributed by atoms with Crippen molar-refractivity contribution in [2.45, 2.75) is 20.3 Å². The molecule has 106 valence electrons. The van der Waals surface area contributed by atoms with E-state index in [0.717, 1.165) is 21.5 Å². The third-order valence-electron chi connectivity index (χ3n) is 2.75. The van der Waals surface area contributed by atoms with Gasteiger partial charge in [-0.2, -0.15) is 0 Å². The third-order valence-corrected chi connectivity index (χ3v) is 3.24. The van der Waals surface area contributed by atoms with Crippen LogP contribution in [0.4, 0.5) is 11.5 Å². The molecule has 0 aliphatic heterocycles. The van der Waals surface area contributed by atoms with Crippen LogP contribution in [0.25, 0.3) is 0 Å². The van der Waals surface area contributed by atoms with Gasteiger partial charge in [0.2, 0.25) is 5.91 Å². The van der Waals surface area contributed by atoms with Crippen molar-refractivity contribution in [3.05, 3.63) is 40.1 Å². The second-order valence-electron chi connectivity index (χ2n) is 4.51. The summed E-state index contributed by atoms with van der Waals surface area (Å²) in [7, 11) is 0. The first-order chi connectivity index (χ1) is 9.54. The van der Waals surface area contributed by atoms with E-state index in [4.69, 9.17) is 4.52 Å². The van der Waals surface area contributed by atoms with Crippen molar-refractivity contribution in [1.29, 1.82) is 0 Å². The minimum Gasteiger partial charge on any atom is -0.367 e. The van der Waals surface area contributed by atoms with Crippen LogP contribution in [-0.2, 0) is 4.79 Å². The number of rotatable bonds is 5. The maximum Gasteiger partial charge on any atom is 0.226 e. The number of nitrogens with one attached hydrogen (secondary N) is 2. The van der Waals surface area contributed by atoms with Crippen LogP contribution in [0, 0.1) is 13.8 Å². The second-order valence-corrected chi connectivity index (χ2v) is 5.42.